The van der Waals surface area contributed by atoms with Crippen molar-refractivity contribution in [1.82, 2.24) is 4.90 Å². The summed E-state index contributed by atoms with van der Waals surface area (Å²) in [5.74, 6) is 0. The molecule has 1 heterocycles. The first kappa shape index (κ1) is 21.2. The number of hydrogen-bond acceptors (Lipinski definition) is 5. The molecular formula is C18H36N2O4. The molecule has 0 saturated carbocycles. The quantitative estimate of drug-likeness (QED) is 0.716. The van der Waals surface area contributed by atoms with Crippen LogP contribution in [0.15, 0.2) is 0 Å². The van der Waals surface area contributed by atoms with Crippen LogP contribution >= 0.6 is 0 Å². The molecule has 0 radical (unpaired) electrons. The summed E-state index contributed by atoms with van der Waals surface area (Å²) < 4.78 is 16.8. The minimum Gasteiger partial charge on any atom is -0.444 e. The van der Waals surface area contributed by atoms with Gasteiger partial charge >= 0.3 is 6.09 Å². The average molecular weight is 344 g/mol. The Hall–Kier alpha value is -0.850. The van der Waals surface area contributed by atoms with E-state index >= 15 is 0 Å². The molecule has 1 rings (SSSR count). The van der Waals surface area contributed by atoms with E-state index in [9.17, 15) is 4.79 Å². The average Bonchev–Trinajstić information content (AvgIpc) is 2.49. The first-order valence-electron chi connectivity index (χ1n) is 8.95. The van der Waals surface area contributed by atoms with Crippen molar-refractivity contribution < 1.29 is 19.0 Å². The van der Waals surface area contributed by atoms with Gasteiger partial charge in [0.1, 0.15) is 5.60 Å². The van der Waals surface area contributed by atoms with Crippen molar-refractivity contribution in [2.24, 2.45) is 11.1 Å². The maximum Gasteiger partial charge on any atom is 0.411 e. The third kappa shape index (κ3) is 8.31. The normalized spacial score (nSPS) is 20.5. The molecule has 2 N–H and O–H groups in total. The minimum atomic E-state index is -0.516. The van der Waals surface area contributed by atoms with Crippen LogP contribution in [0.1, 0.15) is 66.7 Å². The summed E-state index contributed by atoms with van der Waals surface area (Å²) in [4.78, 5) is 13.5. The molecule has 1 aliphatic heterocycles. The second-order valence-electron chi connectivity index (χ2n) is 8.47. The van der Waals surface area contributed by atoms with Crippen LogP contribution in [0.5, 0.6) is 0 Å². The summed E-state index contributed by atoms with van der Waals surface area (Å²) in [5, 5.41) is 0. The van der Waals surface area contributed by atoms with Gasteiger partial charge in [-0.3, -0.25) is 4.90 Å². The Kier molecular flexibility index (Phi) is 7.96. The lowest BCUT2D eigenvalue weighted by Gasteiger charge is -2.32. The van der Waals surface area contributed by atoms with Crippen LogP contribution in [-0.4, -0.2) is 49.3 Å². The number of ether oxygens (including phenoxy) is 3. The molecule has 0 aromatic heterocycles. The van der Waals surface area contributed by atoms with Gasteiger partial charge in [0.15, 0.2) is 6.29 Å². The Balaban J connectivity index is 2.34. The van der Waals surface area contributed by atoms with Gasteiger partial charge in [-0.05, 0) is 58.3 Å². The number of rotatable bonds is 7. The van der Waals surface area contributed by atoms with Crippen LogP contribution in [0.3, 0.4) is 0 Å². The van der Waals surface area contributed by atoms with Gasteiger partial charge < -0.3 is 19.9 Å². The van der Waals surface area contributed by atoms with Crippen molar-refractivity contribution in [2.45, 2.75) is 84.8 Å². The van der Waals surface area contributed by atoms with E-state index in [4.69, 9.17) is 19.9 Å². The van der Waals surface area contributed by atoms with Crippen LogP contribution in [0.2, 0.25) is 0 Å². The summed E-state index contributed by atoms with van der Waals surface area (Å²) >= 11 is 0. The van der Waals surface area contributed by atoms with Gasteiger partial charge in [-0.2, -0.15) is 0 Å². The predicted octanol–water partition coefficient (Wildman–Crippen LogP) is 3.49. The lowest BCUT2D eigenvalue weighted by atomic mass is 9.88. The summed E-state index contributed by atoms with van der Waals surface area (Å²) in [6, 6.07) is 0. The van der Waals surface area contributed by atoms with Crippen molar-refractivity contribution in [2.75, 3.05) is 20.3 Å². The molecule has 2 atom stereocenters. The summed E-state index contributed by atoms with van der Waals surface area (Å²) in [6.07, 6.45) is 3.97. The highest BCUT2D eigenvalue weighted by Crippen LogP contribution is 2.26. The number of carbonyl (C=O) groups excluding carboxylic acids is 1. The van der Waals surface area contributed by atoms with Gasteiger partial charge in [0.2, 0.25) is 0 Å². The molecule has 6 heteroatoms. The van der Waals surface area contributed by atoms with Crippen LogP contribution < -0.4 is 5.73 Å². The van der Waals surface area contributed by atoms with Crippen molar-refractivity contribution in [3.8, 4) is 0 Å². The Morgan fingerprint density at radius 1 is 1.29 bits per heavy atom. The lowest BCUT2D eigenvalue weighted by molar-refractivity contribution is -0.176. The molecule has 1 fully saturated rings. The molecular weight excluding hydrogens is 308 g/mol. The van der Waals surface area contributed by atoms with Crippen LogP contribution in [0.4, 0.5) is 4.79 Å². The first-order valence-corrected chi connectivity index (χ1v) is 8.95. The molecule has 0 aliphatic carbocycles. The number of hydrogen-bond donors (Lipinski definition) is 1. The zero-order chi connectivity index (χ0) is 18.4. The molecule has 1 saturated heterocycles. The maximum atomic E-state index is 12.0. The third-order valence-corrected chi connectivity index (χ3v) is 4.09. The van der Waals surface area contributed by atoms with Crippen molar-refractivity contribution in [1.29, 1.82) is 0 Å². The van der Waals surface area contributed by atoms with E-state index in [0.29, 0.717) is 13.0 Å². The summed E-state index contributed by atoms with van der Waals surface area (Å²) in [5.41, 5.74) is 5.61. The molecule has 142 valence electrons. The van der Waals surface area contributed by atoms with Crippen LogP contribution in [0, 0.1) is 5.41 Å². The number of nitrogens with zero attached hydrogens (tertiary/aromatic N) is 1. The molecule has 6 nitrogen and oxygen atoms in total. The fourth-order valence-corrected chi connectivity index (χ4v) is 2.43. The van der Waals surface area contributed by atoms with Gasteiger partial charge in [0, 0.05) is 13.7 Å². The molecule has 1 amide bonds. The molecule has 0 aromatic carbocycles. The Bertz CT molecular complexity index is 387. The Morgan fingerprint density at radius 3 is 2.50 bits per heavy atom. The van der Waals surface area contributed by atoms with Crippen molar-refractivity contribution in [3.63, 3.8) is 0 Å². The molecule has 24 heavy (non-hydrogen) atoms. The largest absolute Gasteiger partial charge is 0.444 e. The zero-order valence-electron chi connectivity index (χ0n) is 16.3. The van der Waals surface area contributed by atoms with Gasteiger partial charge in [0.05, 0.1) is 12.8 Å². The topological polar surface area (TPSA) is 74.0 Å². The number of carbonyl (C=O) groups is 1. The first-order chi connectivity index (χ1) is 11.0. The number of amides is 1. The lowest BCUT2D eigenvalue weighted by Crippen LogP contribution is -2.46. The van der Waals surface area contributed by atoms with E-state index in [1.807, 2.05) is 20.8 Å². The van der Waals surface area contributed by atoms with E-state index in [-0.39, 0.29) is 24.0 Å². The van der Waals surface area contributed by atoms with Crippen molar-refractivity contribution in [3.05, 3.63) is 0 Å². The van der Waals surface area contributed by atoms with Gasteiger partial charge in [0.25, 0.3) is 0 Å². The molecule has 0 aromatic rings. The van der Waals surface area contributed by atoms with E-state index in [0.717, 1.165) is 32.3 Å². The van der Waals surface area contributed by atoms with Crippen LogP contribution in [0.25, 0.3) is 0 Å². The molecule has 0 bridgehead atoms. The Morgan fingerprint density at radius 2 is 1.96 bits per heavy atom. The second-order valence-corrected chi connectivity index (χ2v) is 8.47. The van der Waals surface area contributed by atoms with E-state index in [1.165, 1.54) is 4.90 Å². The fourth-order valence-electron chi connectivity index (χ4n) is 2.43. The SMILES string of the molecule is CN(C(=O)OC(C)(C)C)C(N)CCC(C)(C)COC1CCCCO1. The molecule has 0 spiro atoms. The Labute approximate surface area is 147 Å². The van der Waals surface area contributed by atoms with Gasteiger partial charge in [-0.25, -0.2) is 4.79 Å². The smallest absolute Gasteiger partial charge is 0.411 e. The van der Waals surface area contributed by atoms with Crippen molar-refractivity contribution >= 4 is 6.09 Å². The monoisotopic (exact) mass is 344 g/mol. The third-order valence-electron chi connectivity index (χ3n) is 4.09. The maximum absolute atomic E-state index is 12.0. The summed E-state index contributed by atoms with van der Waals surface area (Å²) in [7, 11) is 1.68. The number of nitrogens with two attached hydrogens (primary N) is 1. The van der Waals surface area contributed by atoms with Gasteiger partial charge in [-0.1, -0.05) is 13.8 Å². The highest BCUT2D eigenvalue weighted by molar-refractivity contribution is 5.68. The summed E-state index contributed by atoms with van der Waals surface area (Å²) in [6.45, 7) is 11.2. The van der Waals surface area contributed by atoms with Crippen LogP contribution in [-0.2, 0) is 14.2 Å². The predicted molar refractivity (Wildman–Crippen MR) is 94.5 cm³/mol. The van der Waals surface area contributed by atoms with E-state index in [1.54, 1.807) is 7.05 Å². The highest BCUT2D eigenvalue weighted by atomic mass is 16.7. The van der Waals surface area contributed by atoms with E-state index < -0.39 is 5.60 Å². The van der Waals surface area contributed by atoms with E-state index in [2.05, 4.69) is 13.8 Å². The second kappa shape index (κ2) is 9.02. The standard InChI is InChI=1S/C18H36N2O4/c1-17(2,3)24-16(21)20(6)14(19)10-11-18(4,5)13-23-15-9-7-8-12-22-15/h14-15H,7-13,19H2,1-6H3. The molecule has 1 aliphatic rings. The molecule has 2 unspecified atom stereocenters. The zero-order valence-corrected chi connectivity index (χ0v) is 16.3. The minimum absolute atomic E-state index is 0.0206. The highest BCUT2D eigenvalue weighted by Gasteiger charge is 2.27. The van der Waals surface area contributed by atoms with Gasteiger partial charge in [-0.15, -0.1) is 0 Å². The fraction of sp³-hybridized carbons (Fsp3) is 0.944.